The Kier molecular flexibility index (Phi) is 6.28. The SMILES string of the molecule is NC1(C2CCC(F)(F)CC2)N=C(c2cc(C(F)(F)F)ccn2)NC(=NC2CCC(F)(F)CC2)N1. The number of pyridine rings is 1. The highest BCUT2D eigenvalue weighted by Gasteiger charge is 2.46. The van der Waals surface area contributed by atoms with Crippen molar-refractivity contribution in [1.29, 1.82) is 0 Å². The van der Waals surface area contributed by atoms with Gasteiger partial charge < -0.3 is 10.6 Å². The lowest BCUT2D eigenvalue weighted by atomic mass is 9.82. The summed E-state index contributed by atoms with van der Waals surface area (Å²) in [4.78, 5) is 12.7. The number of nitrogens with two attached hydrogens (primary N) is 1. The molecule has 0 bridgehead atoms. The van der Waals surface area contributed by atoms with E-state index < -0.39 is 54.2 Å². The summed E-state index contributed by atoms with van der Waals surface area (Å²) in [5.41, 5.74) is 5.37. The van der Waals surface area contributed by atoms with E-state index in [1.165, 1.54) is 0 Å². The van der Waals surface area contributed by atoms with Crippen LogP contribution in [0.1, 0.15) is 62.6 Å². The second kappa shape index (κ2) is 8.65. The van der Waals surface area contributed by atoms with Crippen LogP contribution >= 0.6 is 0 Å². The van der Waals surface area contributed by atoms with Crippen LogP contribution in [0.3, 0.4) is 0 Å². The van der Waals surface area contributed by atoms with E-state index >= 15 is 0 Å². The molecule has 2 aliphatic carbocycles. The lowest BCUT2D eigenvalue weighted by Gasteiger charge is -2.42. The van der Waals surface area contributed by atoms with Crippen molar-refractivity contribution >= 4 is 11.8 Å². The molecule has 1 aromatic heterocycles. The van der Waals surface area contributed by atoms with Crippen molar-refractivity contribution in [3.8, 4) is 0 Å². The second-order valence-corrected chi connectivity index (χ2v) is 9.16. The van der Waals surface area contributed by atoms with E-state index in [0.717, 1.165) is 18.3 Å². The van der Waals surface area contributed by atoms with Gasteiger partial charge in [0.15, 0.2) is 17.6 Å². The minimum Gasteiger partial charge on any atom is -0.319 e. The lowest BCUT2D eigenvalue weighted by molar-refractivity contribution is -0.137. The topological polar surface area (TPSA) is 87.7 Å². The number of rotatable bonds is 3. The van der Waals surface area contributed by atoms with Crippen LogP contribution in [0.4, 0.5) is 30.7 Å². The monoisotopic (exact) mass is 494 g/mol. The number of aliphatic imine (C=N–C) groups is 2. The number of guanidine groups is 1. The van der Waals surface area contributed by atoms with Crippen LogP contribution in [0, 0.1) is 5.92 Å². The number of amidine groups is 1. The predicted octanol–water partition coefficient (Wildman–Crippen LogP) is 4.41. The fraction of sp³-hybridized carbons (Fsp3) is 0.667. The highest BCUT2D eigenvalue weighted by molar-refractivity contribution is 6.09. The molecule has 3 aliphatic rings. The fourth-order valence-corrected chi connectivity index (χ4v) is 4.51. The van der Waals surface area contributed by atoms with Crippen molar-refractivity contribution in [1.82, 2.24) is 15.6 Å². The minimum atomic E-state index is -4.62. The van der Waals surface area contributed by atoms with Crippen LogP contribution in [0.25, 0.3) is 0 Å². The zero-order valence-corrected chi connectivity index (χ0v) is 18.1. The van der Waals surface area contributed by atoms with Gasteiger partial charge in [-0.25, -0.2) is 27.5 Å². The third-order valence-corrected chi connectivity index (χ3v) is 6.52. The van der Waals surface area contributed by atoms with Crippen molar-refractivity contribution in [2.24, 2.45) is 21.6 Å². The molecule has 1 unspecified atom stereocenters. The Balaban J connectivity index is 1.66. The first-order valence-corrected chi connectivity index (χ1v) is 11.1. The number of halogens is 7. The van der Waals surface area contributed by atoms with Gasteiger partial charge in [0.1, 0.15) is 5.69 Å². The molecule has 2 fully saturated rings. The molecular formula is C21H25F7N6. The van der Waals surface area contributed by atoms with Crippen LogP contribution < -0.4 is 16.4 Å². The Morgan fingerprint density at radius 3 is 2.15 bits per heavy atom. The summed E-state index contributed by atoms with van der Waals surface area (Å²) in [6.07, 6.45) is -4.83. The largest absolute Gasteiger partial charge is 0.416 e. The minimum absolute atomic E-state index is 0.0340. The molecule has 2 saturated carbocycles. The molecule has 1 aliphatic heterocycles. The van der Waals surface area contributed by atoms with Gasteiger partial charge in [-0.3, -0.25) is 10.7 Å². The van der Waals surface area contributed by atoms with Crippen LogP contribution in [0.15, 0.2) is 28.3 Å². The number of hydrogen-bond acceptors (Lipinski definition) is 4. The Morgan fingerprint density at radius 1 is 0.971 bits per heavy atom. The average molecular weight is 494 g/mol. The lowest BCUT2D eigenvalue weighted by Crippen LogP contribution is -2.67. The first-order chi connectivity index (χ1) is 15.7. The molecule has 4 N–H and O–H groups in total. The van der Waals surface area contributed by atoms with E-state index in [2.05, 4.69) is 25.6 Å². The van der Waals surface area contributed by atoms with Crippen LogP contribution in [-0.4, -0.2) is 40.5 Å². The van der Waals surface area contributed by atoms with Gasteiger partial charge in [0, 0.05) is 37.8 Å². The molecule has 0 saturated heterocycles. The number of hydrogen-bond donors (Lipinski definition) is 3. The zero-order chi connectivity index (χ0) is 24.8. The third kappa shape index (κ3) is 5.61. The number of nitrogens with zero attached hydrogens (tertiary/aromatic N) is 3. The van der Waals surface area contributed by atoms with Crippen LogP contribution in [0.2, 0.25) is 0 Å². The molecule has 13 heteroatoms. The summed E-state index contributed by atoms with van der Waals surface area (Å²) >= 11 is 0. The summed E-state index contributed by atoms with van der Waals surface area (Å²) in [6, 6.07) is 1.13. The van der Waals surface area contributed by atoms with Crippen molar-refractivity contribution < 1.29 is 30.7 Å². The molecule has 2 heterocycles. The maximum Gasteiger partial charge on any atom is 0.416 e. The van der Waals surface area contributed by atoms with E-state index in [0.29, 0.717) is 0 Å². The van der Waals surface area contributed by atoms with Gasteiger partial charge in [0.2, 0.25) is 11.8 Å². The van der Waals surface area contributed by atoms with Crippen molar-refractivity contribution in [3.63, 3.8) is 0 Å². The van der Waals surface area contributed by atoms with Crippen molar-refractivity contribution in [2.75, 3.05) is 0 Å². The standard InChI is InChI=1S/C21H25F7N6/c22-18(23)6-1-12(2-7-18)21(29)33-16(15-11-13(5-10-30-15)20(26,27)28)32-17(34-21)31-14-3-8-19(24,25)9-4-14/h5,10-12,14H,1-4,6-9,29H2,(H2,31,32,33,34). The average Bonchev–Trinajstić information content (AvgIpc) is 2.74. The van der Waals surface area contributed by atoms with Gasteiger partial charge in [-0.1, -0.05) is 0 Å². The summed E-state index contributed by atoms with van der Waals surface area (Å²) in [6.45, 7) is 0. The maximum absolute atomic E-state index is 13.7. The Labute approximate surface area is 191 Å². The molecule has 0 radical (unpaired) electrons. The van der Waals surface area contributed by atoms with Gasteiger partial charge in [-0.15, -0.1) is 0 Å². The maximum atomic E-state index is 13.7. The molecule has 4 rings (SSSR count). The van der Waals surface area contributed by atoms with E-state index in [9.17, 15) is 30.7 Å². The first kappa shape index (κ1) is 24.7. The van der Waals surface area contributed by atoms with Gasteiger partial charge in [0.05, 0.1) is 11.6 Å². The molecular weight excluding hydrogens is 469 g/mol. The molecule has 0 amide bonds. The summed E-state index contributed by atoms with van der Waals surface area (Å²) < 4.78 is 94.1. The number of alkyl halides is 7. The molecule has 0 spiro atoms. The summed E-state index contributed by atoms with van der Waals surface area (Å²) in [5.74, 6) is -7.84. The highest BCUT2D eigenvalue weighted by atomic mass is 19.4. The van der Waals surface area contributed by atoms with Gasteiger partial charge in [0.25, 0.3) is 0 Å². The zero-order valence-electron chi connectivity index (χ0n) is 18.1. The first-order valence-electron chi connectivity index (χ1n) is 11.1. The second-order valence-electron chi connectivity index (χ2n) is 9.16. The van der Waals surface area contributed by atoms with Gasteiger partial charge >= 0.3 is 6.18 Å². The van der Waals surface area contributed by atoms with E-state index in [1.54, 1.807) is 0 Å². The van der Waals surface area contributed by atoms with Gasteiger partial charge in [-0.05, 0) is 37.8 Å². The number of aromatic nitrogens is 1. The quantitative estimate of drug-likeness (QED) is 0.544. The molecule has 6 nitrogen and oxygen atoms in total. The van der Waals surface area contributed by atoms with E-state index in [-0.39, 0.29) is 56.0 Å². The Bertz CT molecular complexity index is 957. The normalized spacial score (nSPS) is 29.3. The number of nitrogens with one attached hydrogen (secondary N) is 2. The van der Waals surface area contributed by atoms with E-state index in [1.807, 2.05) is 0 Å². The molecule has 0 aromatic carbocycles. The smallest absolute Gasteiger partial charge is 0.319 e. The third-order valence-electron chi connectivity index (χ3n) is 6.52. The van der Waals surface area contributed by atoms with Crippen LogP contribution in [-0.2, 0) is 6.18 Å². The molecule has 34 heavy (non-hydrogen) atoms. The summed E-state index contributed by atoms with van der Waals surface area (Å²) in [5, 5.41) is 5.66. The fourth-order valence-electron chi connectivity index (χ4n) is 4.51. The summed E-state index contributed by atoms with van der Waals surface area (Å²) in [7, 11) is 0. The molecule has 188 valence electrons. The van der Waals surface area contributed by atoms with E-state index in [4.69, 9.17) is 5.73 Å². The Hall–Kier alpha value is -2.44. The van der Waals surface area contributed by atoms with Crippen molar-refractivity contribution in [3.05, 3.63) is 29.6 Å². The molecule has 1 aromatic rings. The van der Waals surface area contributed by atoms with Gasteiger partial charge in [-0.2, -0.15) is 13.2 Å². The molecule has 1 atom stereocenters. The van der Waals surface area contributed by atoms with Crippen molar-refractivity contribution in [2.45, 2.75) is 81.2 Å². The van der Waals surface area contributed by atoms with Crippen LogP contribution in [0.5, 0.6) is 0 Å². The Morgan fingerprint density at radius 2 is 1.56 bits per heavy atom. The highest BCUT2D eigenvalue weighted by Crippen LogP contribution is 2.40. The predicted molar refractivity (Wildman–Crippen MR) is 111 cm³/mol.